The van der Waals surface area contributed by atoms with Crippen LogP contribution >= 0.6 is 11.6 Å². The SMILES string of the molecule is COCC(=O)Nc1ccc(NC(=O)c2cc(C)nc(C)c2)cc1Cl. The van der Waals surface area contributed by atoms with Crippen LogP contribution in [0.25, 0.3) is 0 Å². The third-order valence-electron chi connectivity index (χ3n) is 3.12. The van der Waals surface area contributed by atoms with Crippen molar-refractivity contribution in [2.45, 2.75) is 13.8 Å². The van der Waals surface area contributed by atoms with Crippen LogP contribution in [-0.2, 0) is 9.53 Å². The molecule has 0 aliphatic carbocycles. The smallest absolute Gasteiger partial charge is 0.255 e. The standard InChI is InChI=1S/C17H18ClN3O3/c1-10-6-12(7-11(2)19-10)17(23)20-13-4-5-15(14(18)8-13)21-16(22)9-24-3/h4-8H,9H2,1-3H3,(H,20,23)(H,21,22). The molecule has 2 amide bonds. The second kappa shape index (κ2) is 7.90. The number of amides is 2. The highest BCUT2D eigenvalue weighted by atomic mass is 35.5. The molecule has 7 heteroatoms. The van der Waals surface area contributed by atoms with Gasteiger partial charge in [0.05, 0.1) is 10.7 Å². The van der Waals surface area contributed by atoms with Gasteiger partial charge in [0.15, 0.2) is 0 Å². The van der Waals surface area contributed by atoms with E-state index >= 15 is 0 Å². The lowest BCUT2D eigenvalue weighted by molar-refractivity contribution is -0.119. The van der Waals surface area contributed by atoms with E-state index in [0.717, 1.165) is 11.4 Å². The molecule has 0 aliphatic heterocycles. The van der Waals surface area contributed by atoms with Crippen LogP contribution in [0.4, 0.5) is 11.4 Å². The highest BCUT2D eigenvalue weighted by molar-refractivity contribution is 6.34. The Morgan fingerprint density at radius 2 is 1.79 bits per heavy atom. The maximum Gasteiger partial charge on any atom is 0.255 e. The van der Waals surface area contributed by atoms with Crippen molar-refractivity contribution in [3.05, 3.63) is 52.3 Å². The second-order valence-corrected chi connectivity index (χ2v) is 5.68. The van der Waals surface area contributed by atoms with E-state index in [0.29, 0.717) is 22.0 Å². The Bertz CT molecular complexity index is 757. The number of ether oxygens (including phenoxy) is 1. The molecule has 0 unspecified atom stereocenters. The summed E-state index contributed by atoms with van der Waals surface area (Å²) in [5.41, 5.74) is 3.05. The van der Waals surface area contributed by atoms with Gasteiger partial charge in [-0.15, -0.1) is 0 Å². The van der Waals surface area contributed by atoms with E-state index in [1.54, 1.807) is 30.3 Å². The zero-order valence-electron chi connectivity index (χ0n) is 13.6. The summed E-state index contributed by atoms with van der Waals surface area (Å²) in [5, 5.41) is 5.71. The van der Waals surface area contributed by atoms with E-state index in [1.807, 2.05) is 13.8 Å². The number of aromatic nitrogens is 1. The Kier molecular flexibility index (Phi) is 5.89. The lowest BCUT2D eigenvalue weighted by Gasteiger charge is -2.10. The number of carbonyl (C=O) groups excluding carboxylic acids is 2. The average molecular weight is 348 g/mol. The largest absolute Gasteiger partial charge is 0.375 e. The Morgan fingerprint density at radius 1 is 1.12 bits per heavy atom. The number of benzene rings is 1. The average Bonchev–Trinajstić information content (AvgIpc) is 2.49. The summed E-state index contributed by atoms with van der Waals surface area (Å²) in [6.07, 6.45) is 0. The fraction of sp³-hybridized carbons (Fsp3) is 0.235. The zero-order valence-corrected chi connectivity index (χ0v) is 14.4. The molecule has 1 aromatic heterocycles. The number of hydrogen-bond donors (Lipinski definition) is 2. The van der Waals surface area contributed by atoms with Gasteiger partial charge in [-0.05, 0) is 44.2 Å². The van der Waals surface area contributed by atoms with Crippen molar-refractivity contribution in [1.82, 2.24) is 4.98 Å². The van der Waals surface area contributed by atoms with E-state index < -0.39 is 0 Å². The Morgan fingerprint density at radius 3 is 2.38 bits per heavy atom. The van der Waals surface area contributed by atoms with Gasteiger partial charge in [0, 0.05) is 29.7 Å². The zero-order chi connectivity index (χ0) is 17.7. The molecular weight excluding hydrogens is 330 g/mol. The number of rotatable bonds is 5. The highest BCUT2D eigenvalue weighted by Crippen LogP contribution is 2.26. The van der Waals surface area contributed by atoms with Crippen molar-refractivity contribution in [3.8, 4) is 0 Å². The fourth-order valence-corrected chi connectivity index (χ4v) is 2.41. The van der Waals surface area contributed by atoms with Gasteiger partial charge in [-0.3, -0.25) is 14.6 Å². The number of aryl methyl sites for hydroxylation is 2. The first-order chi connectivity index (χ1) is 11.4. The van der Waals surface area contributed by atoms with Gasteiger partial charge < -0.3 is 15.4 Å². The molecular formula is C17H18ClN3O3. The predicted molar refractivity (Wildman–Crippen MR) is 93.6 cm³/mol. The number of nitrogens with zero attached hydrogens (tertiary/aromatic N) is 1. The predicted octanol–water partition coefficient (Wildman–Crippen LogP) is 3.19. The summed E-state index contributed by atoms with van der Waals surface area (Å²) in [6.45, 7) is 3.60. The van der Waals surface area contributed by atoms with Crippen molar-refractivity contribution >= 4 is 34.8 Å². The first-order valence-electron chi connectivity index (χ1n) is 7.24. The number of hydrogen-bond acceptors (Lipinski definition) is 4. The summed E-state index contributed by atoms with van der Waals surface area (Å²) < 4.78 is 4.74. The molecule has 2 N–H and O–H groups in total. The van der Waals surface area contributed by atoms with Crippen LogP contribution in [0.2, 0.25) is 5.02 Å². The summed E-state index contributed by atoms with van der Waals surface area (Å²) >= 11 is 6.14. The molecule has 1 heterocycles. The van der Waals surface area contributed by atoms with Crippen LogP contribution < -0.4 is 10.6 Å². The monoisotopic (exact) mass is 347 g/mol. The van der Waals surface area contributed by atoms with Gasteiger partial charge in [-0.1, -0.05) is 11.6 Å². The van der Waals surface area contributed by atoms with Crippen molar-refractivity contribution in [2.24, 2.45) is 0 Å². The molecule has 0 bridgehead atoms. The van der Waals surface area contributed by atoms with Crippen LogP contribution in [-0.4, -0.2) is 30.5 Å². The molecule has 0 saturated heterocycles. The van der Waals surface area contributed by atoms with Gasteiger partial charge in [-0.25, -0.2) is 0 Å². The lowest BCUT2D eigenvalue weighted by Crippen LogP contribution is -2.17. The third kappa shape index (κ3) is 4.78. The molecule has 2 aromatic rings. The van der Waals surface area contributed by atoms with Gasteiger partial charge >= 0.3 is 0 Å². The first kappa shape index (κ1) is 17.9. The van der Waals surface area contributed by atoms with Crippen LogP contribution in [0.5, 0.6) is 0 Å². The van der Waals surface area contributed by atoms with Gasteiger partial charge in [-0.2, -0.15) is 0 Å². The molecule has 0 radical (unpaired) electrons. The number of halogens is 1. The molecule has 0 atom stereocenters. The fourth-order valence-electron chi connectivity index (χ4n) is 2.18. The minimum absolute atomic E-state index is 0.0600. The number of carbonyl (C=O) groups is 2. The van der Waals surface area contributed by atoms with Gasteiger partial charge in [0.25, 0.3) is 5.91 Å². The summed E-state index contributed by atoms with van der Waals surface area (Å²) in [7, 11) is 1.43. The quantitative estimate of drug-likeness (QED) is 0.870. The molecule has 0 saturated carbocycles. The molecule has 6 nitrogen and oxygen atoms in total. The number of methoxy groups -OCH3 is 1. The highest BCUT2D eigenvalue weighted by Gasteiger charge is 2.10. The second-order valence-electron chi connectivity index (χ2n) is 5.27. The topological polar surface area (TPSA) is 80.3 Å². The number of nitrogens with one attached hydrogen (secondary N) is 2. The minimum atomic E-state index is -0.307. The van der Waals surface area contributed by atoms with Crippen LogP contribution in [0.3, 0.4) is 0 Å². The van der Waals surface area contributed by atoms with Crippen molar-refractivity contribution < 1.29 is 14.3 Å². The summed E-state index contributed by atoms with van der Waals surface area (Å²) in [5.74, 6) is -0.560. The van der Waals surface area contributed by atoms with E-state index in [4.69, 9.17) is 16.3 Å². The van der Waals surface area contributed by atoms with Crippen molar-refractivity contribution in [2.75, 3.05) is 24.4 Å². The van der Waals surface area contributed by atoms with Crippen LogP contribution in [0, 0.1) is 13.8 Å². The molecule has 24 heavy (non-hydrogen) atoms. The normalized spacial score (nSPS) is 10.3. The van der Waals surface area contributed by atoms with E-state index in [-0.39, 0.29) is 18.4 Å². The Labute approximate surface area is 145 Å². The van der Waals surface area contributed by atoms with Crippen LogP contribution in [0.15, 0.2) is 30.3 Å². The molecule has 2 rings (SSSR count). The lowest BCUT2D eigenvalue weighted by atomic mass is 10.2. The van der Waals surface area contributed by atoms with Gasteiger partial charge in [0.2, 0.25) is 5.91 Å². The van der Waals surface area contributed by atoms with E-state index in [2.05, 4.69) is 15.6 Å². The maximum absolute atomic E-state index is 12.3. The van der Waals surface area contributed by atoms with E-state index in [1.165, 1.54) is 7.11 Å². The Hall–Kier alpha value is -2.44. The summed E-state index contributed by atoms with van der Waals surface area (Å²) in [6, 6.07) is 8.27. The minimum Gasteiger partial charge on any atom is -0.375 e. The molecule has 126 valence electrons. The maximum atomic E-state index is 12.3. The number of anilines is 2. The summed E-state index contributed by atoms with van der Waals surface area (Å²) in [4.78, 5) is 28.1. The van der Waals surface area contributed by atoms with E-state index in [9.17, 15) is 9.59 Å². The molecule has 0 fully saturated rings. The molecule has 1 aromatic carbocycles. The van der Waals surface area contributed by atoms with Crippen molar-refractivity contribution in [1.29, 1.82) is 0 Å². The first-order valence-corrected chi connectivity index (χ1v) is 7.62. The van der Waals surface area contributed by atoms with Crippen LogP contribution in [0.1, 0.15) is 21.7 Å². The third-order valence-corrected chi connectivity index (χ3v) is 3.43. The Balaban J connectivity index is 2.11. The van der Waals surface area contributed by atoms with Gasteiger partial charge in [0.1, 0.15) is 6.61 Å². The number of pyridine rings is 1. The molecule has 0 spiro atoms. The molecule has 0 aliphatic rings. The van der Waals surface area contributed by atoms with Crippen molar-refractivity contribution in [3.63, 3.8) is 0 Å².